The molecule has 1 aliphatic rings. The minimum Gasteiger partial charge on any atom is -0.338 e. The van der Waals surface area contributed by atoms with E-state index in [1.807, 2.05) is 0 Å². The van der Waals surface area contributed by atoms with Crippen molar-refractivity contribution in [1.82, 2.24) is 10.2 Å². The molecule has 100 valence electrons. The molecule has 3 nitrogen and oxygen atoms in total. The molecule has 3 heteroatoms. The Morgan fingerprint density at radius 2 is 1.82 bits per heavy atom. The van der Waals surface area contributed by atoms with Crippen molar-refractivity contribution in [3.05, 3.63) is 0 Å². The van der Waals surface area contributed by atoms with Gasteiger partial charge in [-0.15, -0.1) is 0 Å². The summed E-state index contributed by atoms with van der Waals surface area (Å²) in [6.45, 7) is 9.92. The van der Waals surface area contributed by atoms with Crippen LogP contribution in [0.15, 0.2) is 0 Å². The minimum absolute atomic E-state index is 0.277. The average Bonchev–Trinajstić information content (AvgIpc) is 2.75. The van der Waals surface area contributed by atoms with Crippen molar-refractivity contribution in [3.8, 4) is 0 Å². The number of nitrogens with zero attached hydrogens (tertiary/aromatic N) is 1. The standard InChI is InChI=1S/C14H28N2O/c1-11(2)10-16(13-7-5-6-8-13)14(17)9-15-12(3)4/h11-13,15H,5-10H2,1-4H3. The highest BCUT2D eigenvalue weighted by atomic mass is 16.2. The van der Waals surface area contributed by atoms with E-state index < -0.39 is 0 Å². The average molecular weight is 240 g/mol. The highest BCUT2D eigenvalue weighted by Gasteiger charge is 2.26. The normalized spacial score (nSPS) is 17.1. The fourth-order valence-corrected chi connectivity index (χ4v) is 2.46. The quantitative estimate of drug-likeness (QED) is 0.773. The highest BCUT2D eigenvalue weighted by molar-refractivity contribution is 5.78. The summed E-state index contributed by atoms with van der Waals surface area (Å²) in [5.41, 5.74) is 0. The van der Waals surface area contributed by atoms with Gasteiger partial charge in [0, 0.05) is 18.6 Å². The van der Waals surface area contributed by atoms with E-state index in [0.29, 0.717) is 24.5 Å². The summed E-state index contributed by atoms with van der Waals surface area (Å²) in [4.78, 5) is 14.4. The van der Waals surface area contributed by atoms with Gasteiger partial charge in [-0.25, -0.2) is 0 Å². The maximum atomic E-state index is 12.2. The van der Waals surface area contributed by atoms with Crippen molar-refractivity contribution in [1.29, 1.82) is 0 Å². The lowest BCUT2D eigenvalue weighted by Gasteiger charge is -2.31. The van der Waals surface area contributed by atoms with Crippen LogP contribution in [0.25, 0.3) is 0 Å². The first-order chi connectivity index (χ1) is 8.00. The summed E-state index contributed by atoms with van der Waals surface area (Å²) in [5, 5.41) is 3.23. The van der Waals surface area contributed by atoms with Gasteiger partial charge >= 0.3 is 0 Å². The molecule has 0 unspecified atom stereocenters. The van der Waals surface area contributed by atoms with Crippen LogP contribution in [-0.4, -0.2) is 36.0 Å². The van der Waals surface area contributed by atoms with Gasteiger partial charge in [0.2, 0.25) is 5.91 Å². The summed E-state index contributed by atoms with van der Waals surface area (Å²) in [5.74, 6) is 0.831. The van der Waals surface area contributed by atoms with Gasteiger partial charge in [0.25, 0.3) is 0 Å². The van der Waals surface area contributed by atoms with E-state index in [4.69, 9.17) is 0 Å². The van der Waals surface area contributed by atoms with Crippen molar-refractivity contribution in [3.63, 3.8) is 0 Å². The van der Waals surface area contributed by atoms with E-state index in [2.05, 4.69) is 37.9 Å². The van der Waals surface area contributed by atoms with Crippen LogP contribution >= 0.6 is 0 Å². The zero-order valence-corrected chi connectivity index (χ0v) is 11.8. The summed E-state index contributed by atoms with van der Waals surface area (Å²) >= 11 is 0. The Balaban J connectivity index is 2.51. The Hall–Kier alpha value is -0.570. The van der Waals surface area contributed by atoms with Gasteiger partial charge in [-0.3, -0.25) is 4.79 Å². The maximum absolute atomic E-state index is 12.2. The van der Waals surface area contributed by atoms with E-state index in [1.165, 1.54) is 25.7 Å². The zero-order chi connectivity index (χ0) is 12.8. The first-order valence-electron chi connectivity index (χ1n) is 7.03. The number of nitrogens with one attached hydrogen (secondary N) is 1. The van der Waals surface area contributed by atoms with Crippen molar-refractivity contribution >= 4 is 5.91 Å². The van der Waals surface area contributed by atoms with Crippen LogP contribution in [0.1, 0.15) is 53.4 Å². The molecule has 0 aromatic rings. The van der Waals surface area contributed by atoms with E-state index >= 15 is 0 Å². The van der Waals surface area contributed by atoms with Crippen LogP contribution in [0.4, 0.5) is 0 Å². The number of hydrogen-bond donors (Lipinski definition) is 1. The molecule has 1 fully saturated rings. The van der Waals surface area contributed by atoms with Gasteiger partial charge in [-0.05, 0) is 18.8 Å². The number of carbonyl (C=O) groups excluding carboxylic acids is 1. The van der Waals surface area contributed by atoms with Crippen LogP contribution in [0.2, 0.25) is 0 Å². The van der Waals surface area contributed by atoms with Gasteiger partial charge < -0.3 is 10.2 Å². The topological polar surface area (TPSA) is 32.3 Å². The van der Waals surface area contributed by atoms with Gasteiger partial charge in [0.1, 0.15) is 0 Å². The van der Waals surface area contributed by atoms with E-state index in [1.54, 1.807) is 0 Å². The molecule has 0 spiro atoms. The van der Waals surface area contributed by atoms with Gasteiger partial charge in [-0.2, -0.15) is 0 Å². The SMILES string of the molecule is CC(C)CN(C(=O)CNC(C)C)C1CCCC1. The van der Waals surface area contributed by atoms with Gasteiger partial charge in [0.05, 0.1) is 6.54 Å². The number of hydrogen-bond acceptors (Lipinski definition) is 2. The predicted octanol–water partition coefficient (Wildman–Crippen LogP) is 2.41. The first-order valence-corrected chi connectivity index (χ1v) is 7.03. The predicted molar refractivity (Wildman–Crippen MR) is 71.9 cm³/mol. The van der Waals surface area contributed by atoms with E-state index in [9.17, 15) is 4.79 Å². The molecule has 0 heterocycles. The van der Waals surface area contributed by atoms with Crippen molar-refractivity contribution in [2.45, 2.75) is 65.5 Å². The fourth-order valence-electron chi connectivity index (χ4n) is 2.46. The van der Waals surface area contributed by atoms with E-state index in [0.717, 1.165) is 6.54 Å². The summed E-state index contributed by atoms with van der Waals surface area (Å²) in [6, 6.07) is 0.877. The second kappa shape index (κ2) is 7.00. The van der Waals surface area contributed by atoms with Gasteiger partial charge in [0.15, 0.2) is 0 Å². The lowest BCUT2D eigenvalue weighted by Crippen LogP contribution is -2.46. The third kappa shape index (κ3) is 5.07. The van der Waals surface area contributed by atoms with Gasteiger partial charge in [-0.1, -0.05) is 40.5 Å². The monoisotopic (exact) mass is 240 g/mol. The Labute approximate surface area is 106 Å². The lowest BCUT2D eigenvalue weighted by molar-refractivity contribution is -0.133. The molecular formula is C14H28N2O. The van der Waals surface area contributed by atoms with Crippen LogP contribution in [-0.2, 0) is 4.79 Å². The second-order valence-corrected chi connectivity index (χ2v) is 5.91. The molecule has 0 bridgehead atoms. The maximum Gasteiger partial charge on any atom is 0.236 e. The summed E-state index contributed by atoms with van der Waals surface area (Å²) in [7, 11) is 0. The molecule has 0 radical (unpaired) electrons. The summed E-state index contributed by atoms with van der Waals surface area (Å²) < 4.78 is 0. The molecule has 1 rings (SSSR count). The number of carbonyl (C=O) groups is 1. The van der Waals surface area contributed by atoms with Crippen molar-refractivity contribution in [2.24, 2.45) is 5.92 Å². The van der Waals surface area contributed by atoms with E-state index in [-0.39, 0.29) is 5.91 Å². The second-order valence-electron chi connectivity index (χ2n) is 5.91. The third-order valence-electron chi connectivity index (χ3n) is 3.31. The fraction of sp³-hybridized carbons (Fsp3) is 0.929. The van der Waals surface area contributed by atoms with Crippen molar-refractivity contribution < 1.29 is 4.79 Å². The van der Waals surface area contributed by atoms with Crippen LogP contribution in [0.5, 0.6) is 0 Å². The Kier molecular flexibility index (Phi) is 5.96. The number of rotatable bonds is 6. The molecule has 1 N–H and O–H groups in total. The summed E-state index contributed by atoms with van der Waals surface area (Å²) in [6.07, 6.45) is 4.95. The smallest absolute Gasteiger partial charge is 0.236 e. The highest BCUT2D eigenvalue weighted by Crippen LogP contribution is 2.24. The molecular weight excluding hydrogens is 212 g/mol. The Morgan fingerprint density at radius 1 is 1.24 bits per heavy atom. The molecule has 0 aromatic carbocycles. The molecule has 0 aromatic heterocycles. The first kappa shape index (κ1) is 14.5. The van der Waals surface area contributed by atoms with Crippen molar-refractivity contribution in [2.75, 3.05) is 13.1 Å². The zero-order valence-electron chi connectivity index (χ0n) is 11.8. The van der Waals surface area contributed by atoms with Crippen LogP contribution in [0, 0.1) is 5.92 Å². The molecule has 17 heavy (non-hydrogen) atoms. The number of amides is 1. The molecule has 0 saturated heterocycles. The molecule has 1 saturated carbocycles. The van der Waals surface area contributed by atoms with Crippen LogP contribution in [0.3, 0.4) is 0 Å². The lowest BCUT2D eigenvalue weighted by atomic mass is 10.1. The molecule has 1 amide bonds. The van der Waals surface area contributed by atoms with Crippen LogP contribution < -0.4 is 5.32 Å². The largest absolute Gasteiger partial charge is 0.338 e. The Bertz CT molecular complexity index is 232. The molecule has 1 aliphatic carbocycles. The third-order valence-corrected chi connectivity index (χ3v) is 3.31. The molecule has 0 atom stereocenters. The minimum atomic E-state index is 0.277. The molecule has 0 aliphatic heterocycles. The Morgan fingerprint density at radius 3 is 2.29 bits per heavy atom.